The van der Waals surface area contributed by atoms with Crippen LogP contribution in [0.3, 0.4) is 0 Å². The van der Waals surface area contributed by atoms with Crippen LogP contribution in [0.4, 0.5) is 0 Å². The van der Waals surface area contributed by atoms with Crippen molar-refractivity contribution in [1.29, 1.82) is 0 Å². The number of carbonyl (C=O) groups is 1. The van der Waals surface area contributed by atoms with Crippen LogP contribution in [0, 0.1) is 11.8 Å². The van der Waals surface area contributed by atoms with Gasteiger partial charge in [0.15, 0.2) is 0 Å². The number of fused-ring (bicyclic) bond motifs is 5. The quantitative estimate of drug-likeness (QED) is 0.484. The first-order valence-corrected chi connectivity index (χ1v) is 9.02. The largest absolute Gasteiger partial charge is 0.272 e. The fourth-order valence-corrected chi connectivity index (χ4v) is 5.37. The summed E-state index contributed by atoms with van der Waals surface area (Å²) in [7, 11) is 0. The Hall–Kier alpha value is -2.39. The summed E-state index contributed by atoms with van der Waals surface area (Å²) in [6.07, 6.45) is 8.52. The molecule has 3 aliphatic carbocycles. The maximum atomic E-state index is 12.5. The van der Waals surface area contributed by atoms with E-state index in [9.17, 15) is 4.79 Å². The van der Waals surface area contributed by atoms with Gasteiger partial charge < -0.3 is 0 Å². The molecule has 0 saturated carbocycles. The van der Waals surface area contributed by atoms with Crippen LogP contribution in [0.25, 0.3) is 0 Å². The smallest absolute Gasteiger partial charge is 0.252 e. The van der Waals surface area contributed by atoms with E-state index in [2.05, 4.69) is 62.4 Å². The van der Waals surface area contributed by atoms with Crippen molar-refractivity contribution in [2.75, 3.05) is 0 Å². The van der Waals surface area contributed by atoms with E-state index < -0.39 is 0 Å². The Kier molecular flexibility index (Phi) is 2.88. The van der Waals surface area contributed by atoms with Crippen LogP contribution in [-0.4, -0.2) is 10.9 Å². The minimum atomic E-state index is -0.188. The summed E-state index contributed by atoms with van der Waals surface area (Å²) in [5, 5.41) is 1.44. The lowest BCUT2D eigenvalue weighted by molar-refractivity contribution is -0.131. The molecule has 3 atom stereocenters. The highest BCUT2D eigenvalue weighted by Crippen LogP contribution is 2.62. The molecule has 3 heteroatoms. The number of hydrogen-bond donors (Lipinski definition) is 1. The van der Waals surface area contributed by atoms with Crippen molar-refractivity contribution in [1.82, 2.24) is 5.01 Å². The van der Waals surface area contributed by atoms with Crippen molar-refractivity contribution in [2.24, 2.45) is 17.7 Å². The zero-order chi connectivity index (χ0) is 17.3. The molecule has 1 aromatic rings. The van der Waals surface area contributed by atoms with E-state index in [0.717, 1.165) is 18.5 Å². The van der Waals surface area contributed by atoms with Gasteiger partial charge in [0.05, 0.1) is 5.92 Å². The molecule has 2 N–H and O–H groups in total. The van der Waals surface area contributed by atoms with Gasteiger partial charge in [0.2, 0.25) is 0 Å². The van der Waals surface area contributed by atoms with Crippen LogP contribution in [0.2, 0.25) is 0 Å². The number of amides is 1. The molecule has 3 nitrogen and oxygen atoms in total. The van der Waals surface area contributed by atoms with Crippen LogP contribution < -0.4 is 5.84 Å². The molecule has 0 aromatic heterocycles. The fourth-order valence-electron chi connectivity index (χ4n) is 5.37. The summed E-state index contributed by atoms with van der Waals surface area (Å²) in [6, 6.07) is 10.7. The minimum absolute atomic E-state index is 0.0275. The summed E-state index contributed by atoms with van der Waals surface area (Å²) in [6.45, 7) is 4.38. The summed E-state index contributed by atoms with van der Waals surface area (Å²) in [4.78, 5) is 12.5. The Bertz CT molecular complexity index is 919. The third-order valence-electron chi connectivity index (χ3n) is 6.28. The van der Waals surface area contributed by atoms with Crippen LogP contribution >= 0.6 is 0 Å². The highest BCUT2D eigenvalue weighted by atomic mass is 16.2. The van der Waals surface area contributed by atoms with E-state index in [-0.39, 0.29) is 17.2 Å². The van der Waals surface area contributed by atoms with Gasteiger partial charge >= 0.3 is 0 Å². The van der Waals surface area contributed by atoms with E-state index in [1.165, 1.54) is 32.9 Å². The maximum absolute atomic E-state index is 12.5. The lowest BCUT2D eigenvalue weighted by Crippen LogP contribution is -2.50. The van der Waals surface area contributed by atoms with Gasteiger partial charge in [-0.05, 0) is 43.4 Å². The second kappa shape index (κ2) is 4.83. The summed E-state index contributed by atoms with van der Waals surface area (Å²) in [5.41, 5.74) is 7.52. The highest BCUT2D eigenvalue weighted by molar-refractivity contribution is 5.95. The van der Waals surface area contributed by atoms with Crippen LogP contribution in [0.5, 0.6) is 0 Å². The Morgan fingerprint density at radius 2 is 2.00 bits per heavy atom. The first-order valence-electron chi connectivity index (χ1n) is 9.02. The van der Waals surface area contributed by atoms with Crippen molar-refractivity contribution in [3.63, 3.8) is 0 Å². The average Bonchev–Trinajstić information content (AvgIpc) is 3.40. The highest BCUT2D eigenvalue weighted by Gasteiger charge is 2.57. The molecular weight excluding hydrogens is 308 g/mol. The molecule has 0 radical (unpaired) electrons. The molecule has 2 bridgehead atoms. The Morgan fingerprint density at radius 1 is 1.24 bits per heavy atom. The monoisotopic (exact) mass is 330 g/mol. The van der Waals surface area contributed by atoms with E-state index in [0.29, 0.717) is 5.92 Å². The van der Waals surface area contributed by atoms with Gasteiger partial charge in [-0.25, -0.2) is 5.84 Å². The zero-order valence-electron chi connectivity index (χ0n) is 14.6. The third kappa shape index (κ3) is 1.77. The van der Waals surface area contributed by atoms with E-state index in [1.54, 1.807) is 0 Å². The predicted octanol–water partition coefficient (Wildman–Crippen LogP) is 3.77. The number of carbonyl (C=O) groups excluding carboxylic acids is 1. The topological polar surface area (TPSA) is 46.3 Å². The van der Waals surface area contributed by atoms with Gasteiger partial charge in [0, 0.05) is 17.0 Å². The summed E-state index contributed by atoms with van der Waals surface area (Å²) >= 11 is 0. The number of rotatable bonds is 1. The predicted molar refractivity (Wildman–Crippen MR) is 98.0 cm³/mol. The Labute approximate surface area is 148 Å². The Balaban J connectivity index is 1.85. The standard InChI is InChI=1S/C22H22N2O/c1-3-18-14-9-13(2)12-22(18,15-7-5-4-6-8-15)20-16-11-17(16)21(25)24(23)19(20)10-14/h3-9,11,14,17H,10,12,23H2,1-2H3/b18-3+/t14-,17?,22+/m0/s1. The molecule has 1 heterocycles. The molecule has 1 amide bonds. The molecule has 1 aromatic carbocycles. The van der Waals surface area contributed by atoms with Crippen LogP contribution in [-0.2, 0) is 10.2 Å². The number of hydrogen-bond acceptors (Lipinski definition) is 2. The van der Waals surface area contributed by atoms with Gasteiger partial charge in [-0.15, -0.1) is 0 Å². The summed E-state index contributed by atoms with van der Waals surface area (Å²) in [5.74, 6) is 6.50. The normalized spacial score (nSPS) is 34.4. The maximum Gasteiger partial charge on any atom is 0.252 e. The number of allylic oxidation sites excluding steroid dienone is 6. The van der Waals surface area contributed by atoms with Gasteiger partial charge in [-0.2, -0.15) is 0 Å². The third-order valence-corrected chi connectivity index (χ3v) is 6.28. The molecule has 0 saturated heterocycles. The van der Waals surface area contributed by atoms with Gasteiger partial charge in [-0.3, -0.25) is 9.80 Å². The van der Waals surface area contributed by atoms with Crippen molar-refractivity contribution >= 4 is 5.91 Å². The van der Waals surface area contributed by atoms with Crippen molar-refractivity contribution in [2.45, 2.75) is 32.1 Å². The van der Waals surface area contributed by atoms with Gasteiger partial charge in [-0.1, -0.05) is 59.7 Å². The lowest BCUT2D eigenvalue weighted by atomic mass is 9.54. The first-order chi connectivity index (χ1) is 12.1. The molecule has 1 aliphatic heterocycles. The number of hydrazine groups is 1. The van der Waals surface area contributed by atoms with E-state index >= 15 is 0 Å². The van der Waals surface area contributed by atoms with Crippen molar-refractivity contribution < 1.29 is 4.79 Å². The summed E-state index contributed by atoms with van der Waals surface area (Å²) < 4.78 is 0. The SMILES string of the molecule is C/C=C1\[C@H]2C=C(C)C[C@]1(c1ccccc1)C1=C(C2)N(N)C(=O)C2C=C12. The number of nitrogens with zero attached hydrogens (tertiary/aromatic N) is 1. The Morgan fingerprint density at radius 3 is 2.72 bits per heavy atom. The number of nitrogens with two attached hydrogens (primary N) is 1. The second-order valence-electron chi connectivity index (χ2n) is 7.65. The van der Waals surface area contributed by atoms with Crippen LogP contribution in [0.1, 0.15) is 32.3 Å². The molecule has 4 aliphatic rings. The molecule has 25 heavy (non-hydrogen) atoms. The van der Waals surface area contributed by atoms with Gasteiger partial charge in [0.1, 0.15) is 0 Å². The van der Waals surface area contributed by atoms with Gasteiger partial charge in [0.25, 0.3) is 5.91 Å². The second-order valence-corrected chi connectivity index (χ2v) is 7.65. The fraction of sp³-hybridized carbons (Fsp3) is 0.318. The van der Waals surface area contributed by atoms with Crippen molar-refractivity contribution in [3.8, 4) is 0 Å². The van der Waals surface area contributed by atoms with E-state index in [1.807, 2.05) is 0 Å². The zero-order valence-corrected chi connectivity index (χ0v) is 14.6. The lowest BCUT2D eigenvalue weighted by Gasteiger charge is -2.51. The average molecular weight is 330 g/mol. The van der Waals surface area contributed by atoms with E-state index in [4.69, 9.17) is 5.84 Å². The molecule has 0 spiro atoms. The van der Waals surface area contributed by atoms with Crippen molar-refractivity contribution in [3.05, 3.63) is 82.1 Å². The molecule has 126 valence electrons. The molecular formula is C22H22N2O. The molecule has 0 fully saturated rings. The minimum Gasteiger partial charge on any atom is -0.272 e. The number of benzene rings is 1. The molecule has 1 unspecified atom stereocenters. The van der Waals surface area contributed by atoms with Crippen LogP contribution in [0.15, 0.2) is 76.5 Å². The molecule has 5 rings (SSSR count). The first kappa shape index (κ1) is 14.9.